The van der Waals surface area contributed by atoms with Crippen LogP contribution in [0.4, 0.5) is 4.39 Å². The van der Waals surface area contributed by atoms with Crippen molar-refractivity contribution >= 4 is 11.7 Å². The number of Topliss-reactive ketones (excluding diaryl/α,β-unsaturated/α-hetero) is 1. The number of ether oxygens (including phenoxy) is 1. The van der Waals surface area contributed by atoms with Crippen LogP contribution in [0.1, 0.15) is 29.7 Å². The third-order valence-corrected chi connectivity index (χ3v) is 4.32. The highest BCUT2D eigenvalue weighted by atomic mass is 19.1. The smallest absolute Gasteiger partial charge is 0.313 e. The predicted molar refractivity (Wildman–Crippen MR) is 92.1 cm³/mol. The number of amides is 1. The molecule has 0 fully saturated rings. The van der Waals surface area contributed by atoms with Crippen molar-refractivity contribution in [1.82, 2.24) is 5.06 Å². The van der Waals surface area contributed by atoms with E-state index in [-0.39, 0.29) is 29.0 Å². The van der Waals surface area contributed by atoms with E-state index in [4.69, 9.17) is 9.57 Å². The Kier molecular flexibility index (Phi) is 5.07. The minimum atomic E-state index is -2.50. The number of phenols is 2. The number of phenolic OH excluding ortho intramolecular Hbond substituents is 2. The zero-order valence-corrected chi connectivity index (χ0v) is 15.0. The molecule has 2 atom stereocenters. The number of fused-ring (bicyclic) bond motifs is 1. The molecule has 2 unspecified atom stereocenters. The molecule has 2 aromatic rings. The molecular formula is C19H18FNO7. The van der Waals surface area contributed by atoms with Gasteiger partial charge in [0.25, 0.3) is 5.79 Å². The number of aromatic hydroxyl groups is 2. The molecule has 0 spiro atoms. The number of carbonyl (C=O) groups excluding carboxylic acids is 2. The first-order valence-corrected chi connectivity index (χ1v) is 8.26. The standard InChI is InChI=1S/C19H18FNO7/c1-10(22)18(25)21(2)28-19(26)16-12(7-14(23)8-15(16)24)9-27-17(19)11-4-3-5-13(20)6-11/h3-8,17,23-24,26H,9H2,1-2H3. The molecule has 0 saturated heterocycles. The molecule has 8 nitrogen and oxygen atoms in total. The number of ketones is 1. The highest BCUT2D eigenvalue weighted by Crippen LogP contribution is 2.49. The molecule has 1 aliphatic heterocycles. The summed E-state index contributed by atoms with van der Waals surface area (Å²) in [4.78, 5) is 28.7. The Morgan fingerprint density at radius 3 is 2.64 bits per heavy atom. The van der Waals surface area contributed by atoms with Crippen molar-refractivity contribution in [3.8, 4) is 11.5 Å². The van der Waals surface area contributed by atoms with Crippen LogP contribution in [0.5, 0.6) is 11.5 Å². The summed E-state index contributed by atoms with van der Waals surface area (Å²) in [5.41, 5.74) is 0.189. The summed E-state index contributed by atoms with van der Waals surface area (Å²) in [6.07, 6.45) is -1.35. The fourth-order valence-electron chi connectivity index (χ4n) is 3.17. The molecule has 148 valence electrons. The molecule has 1 amide bonds. The highest BCUT2D eigenvalue weighted by Gasteiger charge is 2.50. The summed E-state index contributed by atoms with van der Waals surface area (Å²) in [5, 5.41) is 32.0. The molecule has 0 aromatic heterocycles. The van der Waals surface area contributed by atoms with Gasteiger partial charge in [-0.15, -0.1) is 0 Å². The summed E-state index contributed by atoms with van der Waals surface area (Å²) in [6.45, 7) is 0.881. The van der Waals surface area contributed by atoms with E-state index in [9.17, 15) is 29.3 Å². The molecule has 2 aromatic carbocycles. The lowest BCUT2D eigenvalue weighted by Crippen LogP contribution is -2.48. The van der Waals surface area contributed by atoms with Gasteiger partial charge >= 0.3 is 5.91 Å². The van der Waals surface area contributed by atoms with Crippen LogP contribution < -0.4 is 0 Å². The molecule has 9 heteroatoms. The van der Waals surface area contributed by atoms with Gasteiger partial charge in [-0.05, 0) is 29.3 Å². The Balaban J connectivity index is 2.15. The van der Waals surface area contributed by atoms with Crippen LogP contribution in [0.2, 0.25) is 0 Å². The molecule has 1 aliphatic rings. The van der Waals surface area contributed by atoms with Crippen LogP contribution in [-0.2, 0) is 31.6 Å². The number of nitrogens with zero attached hydrogens (tertiary/aromatic N) is 1. The zero-order valence-electron chi connectivity index (χ0n) is 15.0. The first-order chi connectivity index (χ1) is 13.1. The van der Waals surface area contributed by atoms with Gasteiger partial charge in [0.15, 0.2) is 0 Å². The van der Waals surface area contributed by atoms with Crippen LogP contribution in [0.25, 0.3) is 0 Å². The SMILES string of the molecule is CC(=O)C(=O)N(C)OC1(O)c2c(O)cc(O)cc2COC1c1cccc(F)c1. The molecule has 0 aliphatic carbocycles. The second-order valence-electron chi connectivity index (χ2n) is 6.39. The minimum Gasteiger partial charge on any atom is -0.508 e. The monoisotopic (exact) mass is 391 g/mol. The van der Waals surface area contributed by atoms with Gasteiger partial charge < -0.3 is 20.1 Å². The van der Waals surface area contributed by atoms with Crippen LogP contribution in [-0.4, -0.2) is 39.1 Å². The van der Waals surface area contributed by atoms with E-state index in [0.29, 0.717) is 5.06 Å². The first kappa shape index (κ1) is 19.7. The Labute approximate surface area is 159 Å². The Bertz CT molecular complexity index is 948. The van der Waals surface area contributed by atoms with Crippen LogP contribution in [0.3, 0.4) is 0 Å². The first-order valence-electron chi connectivity index (χ1n) is 8.26. The number of carbonyl (C=O) groups is 2. The summed E-state index contributed by atoms with van der Waals surface area (Å²) in [6, 6.07) is 7.39. The van der Waals surface area contributed by atoms with Gasteiger partial charge in [0.05, 0.1) is 12.2 Å². The third kappa shape index (κ3) is 3.42. The van der Waals surface area contributed by atoms with E-state index in [0.717, 1.165) is 26.1 Å². The number of hydroxylamine groups is 2. The molecule has 0 saturated carbocycles. The van der Waals surface area contributed by atoms with E-state index in [1.165, 1.54) is 24.3 Å². The van der Waals surface area contributed by atoms with Crippen LogP contribution in [0.15, 0.2) is 36.4 Å². The van der Waals surface area contributed by atoms with E-state index < -0.39 is 35.1 Å². The summed E-state index contributed by atoms with van der Waals surface area (Å²) < 4.78 is 19.4. The molecule has 3 N–H and O–H groups in total. The number of benzene rings is 2. The number of hydrogen-bond acceptors (Lipinski definition) is 7. The van der Waals surface area contributed by atoms with Gasteiger partial charge in [-0.1, -0.05) is 12.1 Å². The summed E-state index contributed by atoms with van der Waals surface area (Å²) in [5.74, 6) is -5.81. The highest BCUT2D eigenvalue weighted by molar-refractivity contribution is 6.34. The topological polar surface area (TPSA) is 117 Å². The molecule has 0 bridgehead atoms. The maximum atomic E-state index is 13.7. The van der Waals surface area contributed by atoms with Crippen molar-refractivity contribution in [3.63, 3.8) is 0 Å². The van der Waals surface area contributed by atoms with E-state index in [1.807, 2.05) is 0 Å². The zero-order chi connectivity index (χ0) is 20.6. The molecule has 28 heavy (non-hydrogen) atoms. The Hall–Kier alpha value is -3.01. The van der Waals surface area contributed by atoms with E-state index in [2.05, 4.69) is 0 Å². The molecule has 0 radical (unpaired) electrons. The lowest BCUT2D eigenvalue weighted by Gasteiger charge is -2.42. The number of likely N-dealkylation sites (N-methyl/N-ethyl adjacent to an activating group) is 1. The number of halogens is 1. The van der Waals surface area contributed by atoms with Crippen LogP contribution in [0, 0.1) is 5.82 Å². The quantitative estimate of drug-likeness (QED) is 0.412. The van der Waals surface area contributed by atoms with Gasteiger partial charge in [0.1, 0.15) is 23.4 Å². The fourth-order valence-corrected chi connectivity index (χ4v) is 3.17. The lowest BCUT2D eigenvalue weighted by molar-refractivity contribution is -0.364. The van der Waals surface area contributed by atoms with Gasteiger partial charge in [0.2, 0.25) is 5.78 Å². The van der Waals surface area contributed by atoms with Gasteiger partial charge in [-0.3, -0.25) is 9.59 Å². The molecule has 1 heterocycles. The maximum Gasteiger partial charge on any atom is 0.313 e. The normalized spacial score (nSPS) is 21.1. The Morgan fingerprint density at radius 2 is 2.00 bits per heavy atom. The van der Waals surface area contributed by atoms with Crippen molar-refractivity contribution in [2.24, 2.45) is 0 Å². The fraction of sp³-hybridized carbons (Fsp3) is 0.263. The minimum absolute atomic E-state index is 0.144. The molecular weight excluding hydrogens is 373 g/mol. The maximum absolute atomic E-state index is 13.7. The largest absolute Gasteiger partial charge is 0.508 e. The predicted octanol–water partition coefficient (Wildman–Crippen LogP) is 1.63. The van der Waals surface area contributed by atoms with E-state index >= 15 is 0 Å². The second-order valence-corrected chi connectivity index (χ2v) is 6.39. The van der Waals surface area contributed by atoms with Crippen molar-refractivity contribution in [1.29, 1.82) is 0 Å². The van der Waals surface area contributed by atoms with Crippen molar-refractivity contribution < 1.29 is 38.9 Å². The van der Waals surface area contributed by atoms with E-state index in [1.54, 1.807) is 0 Å². The Morgan fingerprint density at radius 1 is 1.29 bits per heavy atom. The van der Waals surface area contributed by atoms with Gasteiger partial charge in [-0.25, -0.2) is 14.3 Å². The average Bonchev–Trinajstić information content (AvgIpc) is 2.60. The molecule has 3 rings (SSSR count). The van der Waals surface area contributed by atoms with Crippen molar-refractivity contribution in [2.75, 3.05) is 7.05 Å². The average molecular weight is 391 g/mol. The summed E-state index contributed by atoms with van der Waals surface area (Å²) >= 11 is 0. The third-order valence-electron chi connectivity index (χ3n) is 4.32. The van der Waals surface area contributed by atoms with Crippen molar-refractivity contribution in [2.45, 2.75) is 25.4 Å². The number of aliphatic hydroxyl groups is 1. The van der Waals surface area contributed by atoms with Crippen LogP contribution >= 0.6 is 0 Å². The van der Waals surface area contributed by atoms with Gasteiger partial charge in [0, 0.05) is 20.0 Å². The number of rotatable bonds is 4. The summed E-state index contributed by atoms with van der Waals surface area (Å²) in [7, 11) is 1.11. The lowest BCUT2D eigenvalue weighted by atomic mass is 9.88. The van der Waals surface area contributed by atoms with Crippen molar-refractivity contribution in [3.05, 3.63) is 58.9 Å². The second kappa shape index (κ2) is 7.19. The van der Waals surface area contributed by atoms with Gasteiger partial charge in [-0.2, -0.15) is 0 Å². The number of hydrogen-bond donors (Lipinski definition) is 3.